The van der Waals surface area contributed by atoms with E-state index in [1.807, 2.05) is 53.9 Å². The van der Waals surface area contributed by atoms with Crippen LogP contribution in [0, 0.1) is 6.92 Å². The number of rotatable bonds is 7. The van der Waals surface area contributed by atoms with E-state index in [2.05, 4.69) is 46.7 Å². The number of para-hydroxylation sites is 1. The highest BCUT2D eigenvalue weighted by atomic mass is 35.5. The number of anilines is 1. The van der Waals surface area contributed by atoms with Crippen molar-refractivity contribution in [1.29, 1.82) is 0 Å². The minimum Gasteiger partial charge on any atom is -0.488 e. The van der Waals surface area contributed by atoms with Crippen molar-refractivity contribution in [3.05, 3.63) is 99.9 Å². The largest absolute Gasteiger partial charge is 0.488 e. The van der Waals surface area contributed by atoms with Gasteiger partial charge in [0.05, 0.1) is 11.9 Å². The number of benzene rings is 3. The SMILES string of the molecule is Cc1ccc(COc2ccccc2/C=N\Nc2nc(-c3ccc(Cl)cc3)cs2)cc1. The molecule has 6 heteroatoms. The normalized spacial score (nSPS) is 11.0. The van der Waals surface area contributed by atoms with Crippen LogP contribution in [0.3, 0.4) is 0 Å². The molecule has 1 aromatic heterocycles. The fourth-order valence-electron chi connectivity index (χ4n) is 2.80. The van der Waals surface area contributed by atoms with Gasteiger partial charge in [-0.15, -0.1) is 11.3 Å². The van der Waals surface area contributed by atoms with E-state index < -0.39 is 0 Å². The smallest absolute Gasteiger partial charge is 0.203 e. The Kier molecular flexibility index (Phi) is 6.42. The van der Waals surface area contributed by atoms with Gasteiger partial charge in [0.1, 0.15) is 12.4 Å². The molecule has 4 nitrogen and oxygen atoms in total. The molecular formula is C24H20ClN3OS. The standard InChI is InChI=1S/C24H20ClN3OS/c1-17-6-8-18(9-7-17)15-29-23-5-3-2-4-20(23)14-26-28-24-27-22(16-30-24)19-10-12-21(25)13-11-19/h2-14,16H,15H2,1H3,(H,27,28)/b26-14-. The fraction of sp³-hybridized carbons (Fsp3) is 0.0833. The first-order valence-corrected chi connectivity index (χ1v) is 10.7. The molecule has 0 radical (unpaired) electrons. The second-order valence-electron chi connectivity index (χ2n) is 6.73. The Labute approximate surface area is 184 Å². The van der Waals surface area contributed by atoms with E-state index in [4.69, 9.17) is 16.3 Å². The fourth-order valence-corrected chi connectivity index (χ4v) is 3.59. The number of aromatic nitrogens is 1. The number of hydrazone groups is 1. The van der Waals surface area contributed by atoms with Crippen molar-refractivity contribution in [2.24, 2.45) is 5.10 Å². The third-order valence-electron chi connectivity index (χ3n) is 4.44. The number of hydrogen-bond acceptors (Lipinski definition) is 5. The van der Waals surface area contributed by atoms with Crippen LogP contribution in [0.5, 0.6) is 5.75 Å². The Hall–Kier alpha value is -3.15. The molecule has 150 valence electrons. The van der Waals surface area contributed by atoms with Crippen molar-refractivity contribution < 1.29 is 4.74 Å². The molecule has 0 bridgehead atoms. The summed E-state index contributed by atoms with van der Waals surface area (Å²) in [6.07, 6.45) is 1.74. The van der Waals surface area contributed by atoms with Crippen molar-refractivity contribution in [2.45, 2.75) is 13.5 Å². The lowest BCUT2D eigenvalue weighted by Crippen LogP contribution is -1.99. The Morgan fingerprint density at radius 2 is 1.80 bits per heavy atom. The second kappa shape index (κ2) is 9.57. The first kappa shape index (κ1) is 20.1. The van der Waals surface area contributed by atoms with Gasteiger partial charge in [0.25, 0.3) is 0 Å². The molecule has 0 saturated heterocycles. The second-order valence-corrected chi connectivity index (χ2v) is 8.02. The third kappa shape index (κ3) is 5.26. The van der Waals surface area contributed by atoms with Gasteiger partial charge in [0.15, 0.2) is 0 Å². The molecule has 1 heterocycles. The maximum atomic E-state index is 5.99. The van der Waals surface area contributed by atoms with Gasteiger partial charge in [-0.1, -0.05) is 65.7 Å². The Balaban J connectivity index is 1.40. The number of aryl methyl sites for hydroxylation is 1. The molecule has 3 aromatic carbocycles. The minimum atomic E-state index is 0.509. The van der Waals surface area contributed by atoms with E-state index in [0.29, 0.717) is 16.8 Å². The number of thiazole rings is 1. The van der Waals surface area contributed by atoms with E-state index >= 15 is 0 Å². The van der Waals surface area contributed by atoms with Gasteiger partial charge in [-0.2, -0.15) is 5.10 Å². The molecule has 0 unspecified atom stereocenters. The van der Waals surface area contributed by atoms with Gasteiger partial charge in [-0.25, -0.2) is 4.98 Å². The van der Waals surface area contributed by atoms with E-state index in [1.165, 1.54) is 16.9 Å². The molecule has 0 fully saturated rings. The highest BCUT2D eigenvalue weighted by Gasteiger charge is 2.05. The van der Waals surface area contributed by atoms with Crippen LogP contribution in [-0.4, -0.2) is 11.2 Å². The van der Waals surface area contributed by atoms with Crippen LogP contribution >= 0.6 is 22.9 Å². The first-order chi connectivity index (χ1) is 14.7. The number of nitrogens with one attached hydrogen (secondary N) is 1. The van der Waals surface area contributed by atoms with Crippen LogP contribution in [0.25, 0.3) is 11.3 Å². The topological polar surface area (TPSA) is 46.5 Å². The van der Waals surface area contributed by atoms with Crippen LogP contribution in [0.2, 0.25) is 5.02 Å². The van der Waals surface area contributed by atoms with Gasteiger partial charge < -0.3 is 4.74 Å². The number of halogens is 1. The molecule has 0 spiro atoms. The molecule has 4 rings (SSSR count). The summed E-state index contributed by atoms with van der Waals surface area (Å²) in [5.74, 6) is 0.782. The van der Waals surface area contributed by atoms with Crippen LogP contribution in [-0.2, 0) is 6.61 Å². The van der Waals surface area contributed by atoms with E-state index in [1.54, 1.807) is 6.21 Å². The lowest BCUT2D eigenvalue weighted by molar-refractivity contribution is 0.306. The maximum Gasteiger partial charge on any atom is 0.203 e. The summed E-state index contributed by atoms with van der Waals surface area (Å²) < 4.78 is 5.99. The van der Waals surface area contributed by atoms with Gasteiger partial charge in [0.2, 0.25) is 5.13 Å². The molecular weight excluding hydrogens is 414 g/mol. The molecule has 0 aliphatic carbocycles. The highest BCUT2D eigenvalue weighted by molar-refractivity contribution is 7.14. The summed E-state index contributed by atoms with van der Waals surface area (Å²) in [6, 6.07) is 23.8. The summed E-state index contributed by atoms with van der Waals surface area (Å²) in [6.45, 7) is 2.58. The van der Waals surface area contributed by atoms with Crippen LogP contribution in [0.4, 0.5) is 5.13 Å². The molecule has 0 amide bonds. The van der Waals surface area contributed by atoms with Crippen molar-refractivity contribution >= 4 is 34.3 Å². The Morgan fingerprint density at radius 3 is 2.60 bits per heavy atom. The zero-order chi connectivity index (χ0) is 20.8. The Bertz CT molecular complexity index is 1140. The van der Waals surface area contributed by atoms with E-state index in [9.17, 15) is 0 Å². The zero-order valence-corrected chi connectivity index (χ0v) is 18.0. The quantitative estimate of drug-likeness (QED) is 0.257. The summed E-state index contributed by atoms with van der Waals surface area (Å²) in [5.41, 5.74) is 8.16. The third-order valence-corrected chi connectivity index (χ3v) is 5.44. The van der Waals surface area contributed by atoms with E-state index in [-0.39, 0.29) is 0 Å². The van der Waals surface area contributed by atoms with Crippen molar-refractivity contribution in [1.82, 2.24) is 4.98 Å². The zero-order valence-electron chi connectivity index (χ0n) is 16.4. The minimum absolute atomic E-state index is 0.509. The first-order valence-electron chi connectivity index (χ1n) is 9.45. The van der Waals surface area contributed by atoms with Gasteiger partial charge in [-0.3, -0.25) is 5.43 Å². The van der Waals surface area contributed by atoms with Crippen LogP contribution in [0.15, 0.2) is 83.3 Å². The van der Waals surface area contributed by atoms with Crippen molar-refractivity contribution in [3.8, 4) is 17.0 Å². The number of ether oxygens (including phenoxy) is 1. The molecule has 1 N–H and O–H groups in total. The summed E-state index contributed by atoms with van der Waals surface area (Å²) >= 11 is 7.44. The van der Waals surface area contributed by atoms with Crippen molar-refractivity contribution in [2.75, 3.05) is 5.43 Å². The molecule has 0 aliphatic heterocycles. The van der Waals surface area contributed by atoms with Gasteiger partial charge >= 0.3 is 0 Å². The summed E-state index contributed by atoms with van der Waals surface area (Å²) in [5, 5.41) is 7.74. The van der Waals surface area contributed by atoms with Crippen LogP contribution in [0.1, 0.15) is 16.7 Å². The van der Waals surface area contributed by atoms with Gasteiger partial charge in [0, 0.05) is 21.5 Å². The lowest BCUT2D eigenvalue weighted by atomic mass is 10.1. The molecule has 0 saturated carbocycles. The van der Waals surface area contributed by atoms with Crippen LogP contribution < -0.4 is 10.2 Å². The summed E-state index contributed by atoms with van der Waals surface area (Å²) in [7, 11) is 0. The lowest BCUT2D eigenvalue weighted by Gasteiger charge is -2.09. The average molecular weight is 434 g/mol. The van der Waals surface area contributed by atoms with Gasteiger partial charge in [-0.05, 0) is 36.8 Å². The highest BCUT2D eigenvalue weighted by Crippen LogP contribution is 2.26. The summed E-state index contributed by atoms with van der Waals surface area (Å²) in [4.78, 5) is 4.57. The Morgan fingerprint density at radius 1 is 1.03 bits per heavy atom. The number of hydrogen-bond donors (Lipinski definition) is 1. The predicted octanol–water partition coefficient (Wildman–Crippen LogP) is 6.80. The molecule has 4 aromatic rings. The molecule has 0 aliphatic rings. The maximum absolute atomic E-state index is 5.99. The molecule has 0 atom stereocenters. The predicted molar refractivity (Wildman–Crippen MR) is 126 cm³/mol. The molecule has 30 heavy (non-hydrogen) atoms. The van der Waals surface area contributed by atoms with E-state index in [0.717, 1.165) is 28.1 Å². The monoisotopic (exact) mass is 433 g/mol. The number of nitrogens with zero attached hydrogens (tertiary/aromatic N) is 2. The average Bonchev–Trinajstić information content (AvgIpc) is 3.23. The van der Waals surface area contributed by atoms with Crippen molar-refractivity contribution in [3.63, 3.8) is 0 Å².